The summed E-state index contributed by atoms with van der Waals surface area (Å²) in [6.07, 6.45) is 5.38. The van der Waals surface area contributed by atoms with E-state index >= 15 is 0 Å². The van der Waals surface area contributed by atoms with Crippen molar-refractivity contribution in [2.45, 2.75) is 46.1 Å². The van der Waals surface area contributed by atoms with Crippen LogP contribution in [0.15, 0.2) is 18.3 Å². The van der Waals surface area contributed by atoms with Gasteiger partial charge < -0.3 is 0 Å². The maximum atomic E-state index is 5.60. The third-order valence-electron chi connectivity index (χ3n) is 2.80. The van der Waals surface area contributed by atoms with Crippen LogP contribution < -0.4 is 11.3 Å². The van der Waals surface area contributed by atoms with Gasteiger partial charge in [0.1, 0.15) is 0 Å². The first-order chi connectivity index (χ1) is 7.63. The lowest BCUT2D eigenvalue weighted by atomic mass is 9.99. The molecule has 1 aromatic rings. The molecule has 90 valence electrons. The molecule has 1 rings (SSSR count). The Morgan fingerprint density at radius 1 is 1.38 bits per heavy atom. The summed E-state index contributed by atoms with van der Waals surface area (Å²) in [6.45, 7) is 6.51. The van der Waals surface area contributed by atoms with Gasteiger partial charge in [0.15, 0.2) is 0 Å². The Morgan fingerprint density at radius 2 is 2.12 bits per heavy atom. The molecule has 3 N–H and O–H groups in total. The summed E-state index contributed by atoms with van der Waals surface area (Å²) < 4.78 is 0. The Labute approximate surface area is 98.4 Å². The van der Waals surface area contributed by atoms with Gasteiger partial charge in [0.25, 0.3) is 0 Å². The molecule has 16 heavy (non-hydrogen) atoms. The van der Waals surface area contributed by atoms with E-state index < -0.39 is 0 Å². The van der Waals surface area contributed by atoms with Crippen molar-refractivity contribution in [2.75, 3.05) is 0 Å². The fraction of sp³-hybridized carbons (Fsp3) is 0.615. The van der Waals surface area contributed by atoms with Crippen LogP contribution in [0, 0.1) is 12.8 Å². The number of aryl methyl sites for hydroxylation is 1. The van der Waals surface area contributed by atoms with E-state index in [1.165, 1.54) is 18.4 Å². The third-order valence-corrected chi connectivity index (χ3v) is 2.80. The van der Waals surface area contributed by atoms with Crippen LogP contribution in [-0.4, -0.2) is 4.98 Å². The molecule has 3 nitrogen and oxygen atoms in total. The van der Waals surface area contributed by atoms with Gasteiger partial charge in [-0.3, -0.25) is 16.3 Å². The maximum absolute atomic E-state index is 5.60. The molecule has 1 aromatic heterocycles. The highest BCUT2D eigenvalue weighted by atomic mass is 15.2. The highest BCUT2D eigenvalue weighted by Gasteiger charge is 2.09. The molecule has 0 aliphatic rings. The molecule has 0 saturated carbocycles. The number of hydrogen-bond donors (Lipinski definition) is 2. The molecule has 3 heteroatoms. The molecular weight excluding hydrogens is 198 g/mol. The molecule has 1 atom stereocenters. The van der Waals surface area contributed by atoms with E-state index in [0.717, 1.165) is 18.0 Å². The maximum Gasteiger partial charge on any atom is 0.0461 e. The SMILES string of the molecule is Cc1cc(C(CCCC(C)C)NN)ccn1. The quantitative estimate of drug-likeness (QED) is 0.573. The molecule has 1 unspecified atom stereocenters. The van der Waals surface area contributed by atoms with Crippen LogP contribution in [0.2, 0.25) is 0 Å². The van der Waals surface area contributed by atoms with Gasteiger partial charge >= 0.3 is 0 Å². The molecule has 1 heterocycles. The molecule has 0 radical (unpaired) electrons. The Morgan fingerprint density at radius 3 is 2.69 bits per heavy atom. The van der Waals surface area contributed by atoms with Gasteiger partial charge in [0.2, 0.25) is 0 Å². The van der Waals surface area contributed by atoms with E-state index in [1.54, 1.807) is 0 Å². The fourth-order valence-corrected chi connectivity index (χ4v) is 1.86. The van der Waals surface area contributed by atoms with Crippen LogP contribution in [0.3, 0.4) is 0 Å². The van der Waals surface area contributed by atoms with Crippen molar-refractivity contribution < 1.29 is 0 Å². The van der Waals surface area contributed by atoms with Crippen LogP contribution in [0.25, 0.3) is 0 Å². The molecule has 0 aromatic carbocycles. The summed E-state index contributed by atoms with van der Waals surface area (Å²) >= 11 is 0. The monoisotopic (exact) mass is 221 g/mol. The highest BCUT2D eigenvalue weighted by molar-refractivity contribution is 5.19. The van der Waals surface area contributed by atoms with Crippen molar-refractivity contribution in [3.63, 3.8) is 0 Å². The van der Waals surface area contributed by atoms with Crippen molar-refractivity contribution in [1.29, 1.82) is 0 Å². The van der Waals surface area contributed by atoms with Crippen LogP contribution in [0.5, 0.6) is 0 Å². The Kier molecular flexibility index (Phi) is 5.43. The van der Waals surface area contributed by atoms with E-state index in [0.29, 0.717) is 0 Å². The predicted octanol–water partition coefficient (Wildman–Crippen LogP) is 2.72. The molecular formula is C13H23N3. The summed E-state index contributed by atoms with van der Waals surface area (Å²) in [7, 11) is 0. The Hall–Kier alpha value is -0.930. The second kappa shape index (κ2) is 6.61. The number of aromatic nitrogens is 1. The second-order valence-corrected chi connectivity index (χ2v) is 4.77. The van der Waals surface area contributed by atoms with Gasteiger partial charge in [-0.05, 0) is 37.0 Å². The number of pyridine rings is 1. The minimum absolute atomic E-state index is 0.250. The number of hydrogen-bond acceptors (Lipinski definition) is 3. The lowest BCUT2D eigenvalue weighted by Crippen LogP contribution is -2.28. The molecule has 0 aliphatic heterocycles. The van der Waals surface area contributed by atoms with Gasteiger partial charge in [-0.25, -0.2) is 0 Å². The zero-order chi connectivity index (χ0) is 12.0. The van der Waals surface area contributed by atoms with Crippen LogP contribution >= 0.6 is 0 Å². The van der Waals surface area contributed by atoms with E-state index in [9.17, 15) is 0 Å². The Bertz CT molecular complexity index is 310. The standard InChI is InChI=1S/C13H23N3/c1-10(2)5-4-6-13(16-14)12-7-8-15-11(3)9-12/h7-10,13,16H,4-6,14H2,1-3H3. The second-order valence-electron chi connectivity index (χ2n) is 4.77. The summed E-state index contributed by atoms with van der Waals surface area (Å²) in [5.74, 6) is 6.36. The third kappa shape index (κ3) is 4.29. The molecule has 0 saturated heterocycles. The lowest BCUT2D eigenvalue weighted by Gasteiger charge is -2.17. The smallest absolute Gasteiger partial charge is 0.0461 e. The van der Waals surface area contributed by atoms with Crippen molar-refractivity contribution in [3.8, 4) is 0 Å². The highest BCUT2D eigenvalue weighted by Crippen LogP contribution is 2.20. The van der Waals surface area contributed by atoms with Gasteiger partial charge in [0.05, 0.1) is 0 Å². The van der Waals surface area contributed by atoms with Gasteiger partial charge in [-0.2, -0.15) is 0 Å². The largest absolute Gasteiger partial charge is 0.271 e. The van der Waals surface area contributed by atoms with E-state index in [2.05, 4.69) is 30.3 Å². The molecule has 0 bridgehead atoms. The van der Waals surface area contributed by atoms with E-state index in [-0.39, 0.29) is 6.04 Å². The van der Waals surface area contributed by atoms with Gasteiger partial charge in [-0.1, -0.05) is 26.7 Å². The van der Waals surface area contributed by atoms with Crippen molar-refractivity contribution in [3.05, 3.63) is 29.6 Å². The minimum atomic E-state index is 0.250. The number of nitrogens with one attached hydrogen (secondary N) is 1. The van der Waals surface area contributed by atoms with Crippen LogP contribution in [-0.2, 0) is 0 Å². The average molecular weight is 221 g/mol. The topological polar surface area (TPSA) is 50.9 Å². The number of hydrazine groups is 1. The molecule has 0 spiro atoms. The van der Waals surface area contributed by atoms with Crippen LogP contribution in [0.1, 0.15) is 50.4 Å². The average Bonchev–Trinajstić information content (AvgIpc) is 2.24. The van der Waals surface area contributed by atoms with Crippen molar-refractivity contribution in [2.24, 2.45) is 11.8 Å². The number of nitrogens with zero attached hydrogens (tertiary/aromatic N) is 1. The first-order valence-electron chi connectivity index (χ1n) is 6.02. The predicted molar refractivity (Wildman–Crippen MR) is 67.7 cm³/mol. The van der Waals surface area contributed by atoms with Crippen LogP contribution in [0.4, 0.5) is 0 Å². The van der Waals surface area contributed by atoms with Gasteiger partial charge in [-0.15, -0.1) is 0 Å². The van der Waals surface area contributed by atoms with Gasteiger partial charge in [0, 0.05) is 17.9 Å². The number of rotatable bonds is 6. The normalized spacial score (nSPS) is 13.1. The van der Waals surface area contributed by atoms with E-state index in [4.69, 9.17) is 5.84 Å². The molecule has 0 aliphatic carbocycles. The van der Waals surface area contributed by atoms with Crippen molar-refractivity contribution in [1.82, 2.24) is 10.4 Å². The zero-order valence-corrected chi connectivity index (χ0v) is 10.5. The minimum Gasteiger partial charge on any atom is -0.271 e. The van der Waals surface area contributed by atoms with Crippen molar-refractivity contribution >= 4 is 0 Å². The first-order valence-corrected chi connectivity index (χ1v) is 6.02. The van der Waals surface area contributed by atoms with E-state index in [1.807, 2.05) is 19.2 Å². The fourth-order valence-electron chi connectivity index (χ4n) is 1.86. The first kappa shape index (κ1) is 13.1. The Balaban J connectivity index is 2.53. The summed E-state index contributed by atoms with van der Waals surface area (Å²) in [5.41, 5.74) is 5.17. The zero-order valence-electron chi connectivity index (χ0n) is 10.5. The number of nitrogens with two attached hydrogens (primary N) is 1. The summed E-state index contributed by atoms with van der Waals surface area (Å²) in [5, 5.41) is 0. The lowest BCUT2D eigenvalue weighted by molar-refractivity contribution is 0.455. The summed E-state index contributed by atoms with van der Waals surface area (Å²) in [6, 6.07) is 4.38. The summed E-state index contributed by atoms with van der Waals surface area (Å²) in [4.78, 5) is 4.20. The molecule has 0 fully saturated rings. The molecule has 0 amide bonds.